The van der Waals surface area contributed by atoms with E-state index in [0.29, 0.717) is 51.2 Å². The van der Waals surface area contributed by atoms with Crippen molar-refractivity contribution in [1.82, 2.24) is 9.29 Å². The molecule has 0 unspecified atom stereocenters. The van der Waals surface area contributed by atoms with Crippen LogP contribution in [-0.4, -0.2) is 37.3 Å². The number of aromatic nitrogens is 1. The molecule has 4 aromatic rings. The molecule has 1 aliphatic rings. The van der Waals surface area contributed by atoms with Crippen molar-refractivity contribution in [2.24, 2.45) is 0 Å². The van der Waals surface area contributed by atoms with Gasteiger partial charge in [0.1, 0.15) is 11.3 Å². The molecule has 0 aliphatic carbocycles. The molecule has 1 N–H and O–H groups in total. The van der Waals surface area contributed by atoms with E-state index in [9.17, 15) is 13.2 Å². The molecular formula is C24H20ClN3O4S2. The summed E-state index contributed by atoms with van der Waals surface area (Å²) in [5.74, 6) is 0.163. The summed E-state index contributed by atoms with van der Waals surface area (Å²) in [6.07, 6.45) is 0.673. The Hall–Kier alpha value is -2.98. The first-order valence-corrected chi connectivity index (χ1v) is 13.1. The van der Waals surface area contributed by atoms with E-state index in [2.05, 4.69) is 10.3 Å². The van der Waals surface area contributed by atoms with Crippen LogP contribution in [0.2, 0.25) is 5.02 Å². The number of benzene rings is 3. The van der Waals surface area contributed by atoms with Crippen LogP contribution >= 0.6 is 22.9 Å². The molecule has 5 rings (SSSR count). The molecule has 3 aromatic carbocycles. The van der Waals surface area contributed by atoms with Crippen LogP contribution in [0.1, 0.15) is 21.5 Å². The van der Waals surface area contributed by atoms with Gasteiger partial charge < -0.3 is 4.74 Å². The van der Waals surface area contributed by atoms with Crippen molar-refractivity contribution < 1.29 is 17.9 Å². The highest BCUT2D eigenvalue weighted by Crippen LogP contribution is 2.37. The highest BCUT2D eigenvalue weighted by atomic mass is 35.5. The van der Waals surface area contributed by atoms with Gasteiger partial charge in [-0.3, -0.25) is 10.1 Å². The summed E-state index contributed by atoms with van der Waals surface area (Å²) in [7, 11) is -2.13. The molecule has 2 heterocycles. The molecule has 1 aliphatic heterocycles. The lowest BCUT2D eigenvalue weighted by Gasteiger charge is -2.28. The monoisotopic (exact) mass is 513 g/mol. The second kappa shape index (κ2) is 8.99. The highest BCUT2D eigenvalue weighted by molar-refractivity contribution is 7.89. The number of rotatable bonds is 5. The van der Waals surface area contributed by atoms with Gasteiger partial charge in [0.15, 0.2) is 5.13 Å². The molecule has 10 heteroatoms. The Labute approximate surface area is 206 Å². The quantitative estimate of drug-likeness (QED) is 0.407. The maximum Gasteiger partial charge on any atom is 0.257 e. The molecule has 174 valence electrons. The van der Waals surface area contributed by atoms with Gasteiger partial charge in [0.05, 0.1) is 21.7 Å². The SMILES string of the molecule is COc1ccc(Cl)c2sc(NC(=O)c3ccc(S(=O)(=O)N4CCc5ccccc5C4)cc3)nc12. The molecule has 0 spiro atoms. The maximum atomic E-state index is 13.2. The lowest BCUT2D eigenvalue weighted by Crippen LogP contribution is -2.35. The Kier molecular flexibility index (Phi) is 6.03. The smallest absolute Gasteiger partial charge is 0.257 e. The largest absolute Gasteiger partial charge is 0.494 e. The van der Waals surface area contributed by atoms with Crippen LogP contribution in [0, 0.1) is 0 Å². The van der Waals surface area contributed by atoms with Crippen LogP contribution in [0.4, 0.5) is 5.13 Å². The minimum atomic E-state index is -3.67. The summed E-state index contributed by atoms with van der Waals surface area (Å²) in [4.78, 5) is 17.3. The van der Waals surface area contributed by atoms with Crippen LogP contribution in [0.3, 0.4) is 0 Å². The number of thiazole rings is 1. The fraction of sp³-hybridized carbons (Fsp3) is 0.167. The number of amides is 1. The van der Waals surface area contributed by atoms with Crippen LogP contribution in [0.5, 0.6) is 5.75 Å². The molecule has 0 radical (unpaired) electrons. The number of methoxy groups -OCH3 is 1. The van der Waals surface area contributed by atoms with E-state index < -0.39 is 15.9 Å². The van der Waals surface area contributed by atoms with E-state index in [1.54, 1.807) is 19.2 Å². The number of carbonyl (C=O) groups is 1. The van der Waals surface area contributed by atoms with Crippen LogP contribution in [-0.2, 0) is 23.0 Å². The molecular weight excluding hydrogens is 494 g/mol. The van der Waals surface area contributed by atoms with Crippen LogP contribution < -0.4 is 10.1 Å². The van der Waals surface area contributed by atoms with Gasteiger partial charge in [-0.15, -0.1) is 0 Å². The summed E-state index contributed by atoms with van der Waals surface area (Å²) in [6.45, 7) is 0.760. The Balaban J connectivity index is 1.34. The zero-order valence-corrected chi connectivity index (χ0v) is 20.5. The Morgan fingerprint density at radius 2 is 1.82 bits per heavy atom. The first kappa shape index (κ1) is 22.8. The third-order valence-corrected chi connectivity index (χ3v) is 9.04. The van der Waals surface area contributed by atoms with Gasteiger partial charge in [-0.2, -0.15) is 4.31 Å². The van der Waals surface area contributed by atoms with E-state index >= 15 is 0 Å². The van der Waals surface area contributed by atoms with Crippen LogP contribution in [0.25, 0.3) is 10.2 Å². The average molecular weight is 514 g/mol. The van der Waals surface area contributed by atoms with E-state index in [0.717, 1.165) is 5.56 Å². The third-order valence-electron chi connectivity index (χ3n) is 5.75. The number of ether oxygens (including phenoxy) is 1. The predicted molar refractivity (Wildman–Crippen MR) is 133 cm³/mol. The van der Waals surface area contributed by atoms with Gasteiger partial charge >= 0.3 is 0 Å². The number of sulfonamides is 1. The summed E-state index contributed by atoms with van der Waals surface area (Å²) >= 11 is 7.49. The Morgan fingerprint density at radius 3 is 2.56 bits per heavy atom. The minimum absolute atomic E-state index is 0.153. The number of hydrogen-bond acceptors (Lipinski definition) is 6. The second-order valence-electron chi connectivity index (χ2n) is 7.78. The van der Waals surface area contributed by atoms with E-state index in [4.69, 9.17) is 16.3 Å². The Morgan fingerprint density at radius 1 is 1.09 bits per heavy atom. The molecule has 1 aromatic heterocycles. The molecule has 0 atom stereocenters. The topological polar surface area (TPSA) is 88.6 Å². The fourth-order valence-electron chi connectivity index (χ4n) is 3.94. The summed E-state index contributed by atoms with van der Waals surface area (Å²) in [6, 6.07) is 17.2. The van der Waals surface area contributed by atoms with Gasteiger partial charge in [-0.05, 0) is 53.9 Å². The van der Waals surface area contributed by atoms with Crippen molar-refractivity contribution in [3.8, 4) is 5.75 Å². The minimum Gasteiger partial charge on any atom is -0.494 e. The number of anilines is 1. The second-order valence-corrected chi connectivity index (χ2v) is 11.1. The van der Waals surface area contributed by atoms with Gasteiger partial charge in [0, 0.05) is 18.7 Å². The molecule has 0 saturated carbocycles. The standard InChI is InChI=1S/C24H20ClN3O4S2/c1-32-20-11-10-19(25)22-21(20)26-24(33-22)27-23(29)16-6-8-18(9-7-16)34(30,31)28-13-12-15-4-2-3-5-17(15)14-28/h2-11H,12-14H2,1H3,(H,26,27,29). The lowest BCUT2D eigenvalue weighted by atomic mass is 10.0. The summed E-state index contributed by atoms with van der Waals surface area (Å²) < 4.78 is 33.8. The number of carbonyl (C=O) groups excluding carboxylic acids is 1. The number of nitrogens with one attached hydrogen (secondary N) is 1. The predicted octanol–water partition coefficient (Wildman–Crippen LogP) is 4.96. The number of fused-ring (bicyclic) bond motifs is 2. The van der Waals surface area contributed by atoms with Crippen molar-refractivity contribution in [3.05, 3.63) is 82.4 Å². The summed E-state index contributed by atoms with van der Waals surface area (Å²) in [5.41, 5.74) is 3.08. The zero-order valence-electron chi connectivity index (χ0n) is 18.1. The van der Waals surface area contributed by atoms with Gasteiger partial charge in [-0.25, -0.2) is 13.4 Å². The lowest BCUT2D eigenvalue weighted by molar-refractivity contribution is 0.102. The van der Waals surface area contributed by atoms with E-state index in [-0.39, 0.29) is 4.90 Å². The number of halogens is 1. The Bertz CT molecular complexity index is 1500. The van der Waals surface area contributed by atoms with Crippen LogP contribution in [0.15, 0.2) is 65.6 Å². The third kappa shape index (κ3) is 4.16. The van der Waals surface area contributed by atoms with Gasteiger partial charge in [0.25, 0.3) is 5.91 Å². The maximum absolute atomic E-state index is 13.2. The molecule has 0 fully saturated rings. The highest BCUT2D eigenvalue weighted by Gasteiger charge is 2.28. The van der Waals surface area contributed by atoms with Gasteiger partial charge in [0.2, 0.25) is 10.0 Å². The molecule has 34 heavy (non-hydrogen) atoms. The number of hydrogen-bond donors (Lipinski definition) is 1. The molecule has 0 saturated heterocycles. The summed E-state index contributed by atoms with van der Waals surface area (Å²) in [5, 5.41) is 3.64. The first-order valence-electron chi connectivity index (χ1n) is 10.5. The fourth-order valence-corrected chi connectivity index (χ4v) is 6.51. The van der Waals surface area contributed by atoms with Crippen molar-refractivity contribution in [3.63, 3.8) is 0 Å². The van der Waals surface area contributed by atoms with Crippen molar-refractivity contribution in [2.45, 2.75) is 17.9 Å². The first-order chi connectivity index (χ1) is 16.4. The van der Waals surface area contributed by atoms with E-state index in [1.807, 2.05) is 24.3 Å². The van der Waals surface area contributed by atoms with Crippen molar-refractivity contribution in [1.29, 1.82) is 0 Å². The van der Waals surface area contributed by atoms with Crippen molar-refractivity contribution >= 4 is 54.2 Å². The zero-order chi connectivity index (χ0) is 23.9. The normalized spacial score (nSPS) is 14.1. The number of nitrogens with zero attached hydrogens (tertiary/aromatic N) is 2. The average Bonchev–Trinajstić information content (AvgIpc) is 3.28. The van der Waals surface area contributed by atoms with Gasteiger partial charge in [-0.1, -0.05) is 47.2 Å². The van der Waals surface area contributed by atoms with Crippen molar-refractivity contribution in [2.75, 3.05) is 19.0 Å². The molecule has 0 bridgehead atoms. The van der Waals surface area contributed by atoms with E-state index in [1.165, 1.54) is 45.5 Å². The molecule has 7 nitrogen and oxygen atoms in total. The molecule has 1 amide bonds.